The second-order valence-electron chi connectivity index (χ2n) is 4.75. The number of para-hydroxylation sites is 1. The highest BCUT2D eigenvalue weighted by atomic mass is 19.1. The third kappa shape index (κ3) is 1.88. The number of nitrogens with two attached hydrogens (primary N) is 1. The van der Waals surface area contributed by atoms with Crippen LogP contribution in [0.5, 0.6) is 0 Å². The van der Waals surface area contributed by atoms with Crippen molar-refractivity contribution in [3.8, 4) is 11.8 Å². The fraction of sp³-hybridized carbons (Fsp3) is 0.286. The maximum absolute atomic E-state index is 13.9. The fourth-order valence-corrected chi connectivity index (χ4v) is 2.48. The average Bonchev–Trinajstić information content (AvgIpc) is 3.07. The Morgan fingerprint density at radius 3 is 2.60 bits per heavy atom. The van der Waals surface area contributed by atoms with E-state index in [-0.39, 0.29) is 11.5 Å². The first-order valence-electron chi connectivity index (χ1n) is 6.51. The van der Waals surface area contributed by atoms with Gasteiger partial charge in [0.1, 0.15) is 29.0 Å². The molecule has 0 amide bonds. The summed E-state index contributed by atoms with van der Waals surface area (Å²) in [4.78, 5) is 2.02. The van der Waals surface area contributed by atoms with Gasteiger partial charge < -0.3 is 10.6 Å². The van der Waals surface area contributed by atoms with Gasteiger partial charge in [0.15, 0.2) is 5.82 Å². The number of benzene rings is 1. The Hall–Kier alpha value is -2.55. The lowest BCUT2D eigenvalue weighted by Gasteiger charge is -2.13. The highest BCUT2D eigenvalue weighted by molar-refractivity contribution is 5.67. The molecule has 1 aromatic carbocycles. The van der Waals surface area contributed by atoms with Gasteiger partial charge in [-0.1, -0.05) is 12.1 Å². The molecule has 0 saturated carbocycles. The number of hydrogen-bond acceptors (Lipinski definition) is 4. The third-order valence-electron chi connectivity index (χ3n) is 3.50. The molecule has 3 rings (SSSR count). The maximum Gasteiger partial charge on any atom is 0.171 e. The Morgan fingerprint density at radius 2 is 1.95 bits per heavy atom. The molecule has 0 aliphatic carbocycles. The van der Waals surface area contributed by atoms with Crippen LogP contribution >= 0.6 is 0 Å². The summed E-state index contributed by atoms with van der Waals surface area (Å²) in [5.74, 6) is 0.310. The Kier molecular flexibility index (Phi) is 3.03. The van der Waals surface area contributed by atoms with Crippen molar-refractivity contribution in [2.45, 2.75) is 12.8 Å². The number of hydrogen-bond donors (Lipinski definition) is 1. The van der Waals surface area contributed by atoms with Crippen LogP contribution in [0.2, 0.25) is 0 Å². The van der Waals surface area contributed by atoms with Crippen LogP contribution in [0.15, 0.2) is 24.3 Å². The van der Waals surface area contributed by atoms with E-state index in [0.29, 0.717) is 11.4 Å². The molecule has 102 valence electrons. The molecule has 1 fully saturated rings. The maximum atomic E-state index is 13.9. The molecule has 0 unspecified atom stereocenters. The fourth-order valence-electron chi connectivity index (χ4n) is 2.48. The molecular weight excluding hydrogens is 257 g/mol. The minimum atomic E-state index is -0.417. The molecule has 1 aliphatic rings. The third-order valence-corrected chi connectivity index (χ3v) is 3.50. The van der Waals surface area contributed by atoms with Crippen LogP contribution in [-0.4, -0.2) is 22.9 Å². The smallest absolute Gasteiger partial charge is 0.171 e. The van der Waals surface area contributed by atoms with E-state index < -0.39 is 5.82 Å². The highest BCUT2D eigenvalue weighted by Gasteiger charge is 2.24. The van der Waals surface area contributed by atoms with E-state index in [9.17, 15) is 9.65 Å². The average molecular weight is 271 g/mol. The first-order chi connectivity index (χ1) is 9.72. The van der Waals surface area contributed by atoms with E-state index in [1.807, 2.05) is 4.90 Å². The van der Waals surface area contributed by atoms with Crippen LogP contribution in [0.25, 0.3) is 5.69 Å². The van der Waals surface area contributed by atoms with Gasteiger partial charge in [0.05, 0.1) is 0 Å². The number of halogens is 1. The van der Waals surface area contributed by atoms with Gasteiger partial charge in [0.25, 0.3) is 0 Å². The lowest BCUT2D eigenvalue weighted by atomic mass is 10.3. The van der Waals surface area contributed by atoms with Gasteiger partial charge in [0, 0.05) is 13.1 Å². The Morgan fingerprint density at radius 1 is 1.25 bits per heavy atom. The number of nitrogens with zero attached hydrogens (tertiary/aromatic N) is 4. The first kappa shape index (κ1) is 12.5. The van der Waals surface area contributed by atoms with E-state index >= 15 is 0 Å². The molecule has 1 saturated heterocycles. The molecule has 2 N–H and O–H groups in total. The summed E-state index contributed by atoms with van der Waals surface area (Å²) < 4.78 is 15.2. The van der Waals surface area contributed by atoms with Crippen molar-refractivity contribution < 1.29 is 4.39 Å². The predicted octanol–water partition coefficient (Wildman–Crippen LogP) is 2.07. The summed E-state index contributed by atoms with van der Waals surface area (Å²) >= 11 is 0. The van der Waals surface area contributed by atoms with E-state index in [2.05, 4.69) is 11.2 Å². The molecule has 2 aromatic rings. The zero-order valence-corrected chi connectivity index (χ0v) is 10.9. The Balaban J connectivity index is 2.14. The monoisotopic (exact) mass is 271 g/mol. The van der Waals surface area contributed by atoms with Crippen LogP contribution in [-0.2, 0) is 0 Å². The minimum Gasteiger partial charge on any atom is -0.382 e. The van der Waals surface area contributed by atoms with Crippen molar-refractivity contribution in [2.75, 3.05) is 23.7 Å². The standard InChI is InChI=1S/C14H14FN5/c15-11-5-1-2-6-12(11)20-13(17)10(9-16)14(18-20)19-7-3-4-8-19/h1-2,5-6H,3-4,7-8,17H2. The van der Waals surface area contributed by atoms with Gasteiger partial charge in [-0.3, -0.25) is 0 Å². The zero-order valence-electron chi connectivity index (χ0n) is 10.9. The second-order valence-corrected chi connectivity index (χ2v) is 4.75. The van der Waals surface area contributed by atoms with E-state index in [1.165, 1.54) is 10.7 Å². The molecule has 0 atom stereocenters. The van der Waals surface area contributed by atoms with Gasteiger partial charge in [-0.25, -0.2) is 9.07 Å². The SMILES string of the molecule is N#Cc1c(N2CCCC2)nn(-c2ccccc2F)c1N. The van der Waals surface area contributed by atoms with E-state index in [1.54, 1.807) is 18.2 Å². The molecule has 0 spiro atoms. The summed E-state index contributed by atoms with van der Waals surface area (Å²) in [7, 11) is 0. The zero-order chi connectivity index (χ0) is 14.1. The predicted molar refractivity (Wildman–Crippen MR) is 74.1 cm³/mol. The topological polar surface area (TPSA) is 70.9 Å². The number of rotatable bonds is 2. The summed E-state index contributed by atoms with van der Waals surface area (Å²) in [6.45, 7) is 1.70. The Bertz CT molecular complexity index is 679. The van der Waals surface area contributed by atoms with Crippen molar-refractivity contribution >= 4 is 11.6 Å². The molecule has 1 aromatic heterocycles. The summed E-state index contributed by atoms with van der Waals surface area (Å²) in [6.07, 6.45) is 2.13. The van der Waals surface area contributed by atoms with Crippen molar-refractivity contribution in [1.29, 1.82) is 5.26 Å². The lowest BCUT2D eigenvalue weighted by molar-refractivity contribution is 0.611. The molecule has 6 heteroatoms. The summed E-state index contributed by atoms with van der Waals surface area (Å²) in [6, 6.07) is 8.33. The van der Waals surface area contributed by atoms with Crippen molar-refractivity contribution in [1.82, 2.24) is 9.78 Å². The van der Waals surface area contributed by atoms with Crippen LogP contribution in [0.4, 0.5) is 16.0 Å². The minimum absolute atomic E-state index is 0.180. The molecule has 5 nitrogen and oxygen atoms in total. The van der Waals surface area contributed by atoms with Gasteiger partial charge >= 0.3 is 0 Å². The van der Waals surface area contributed by atoms with Crippen molar-refractivity contribution in [3.05, 3.63) is 35.6 Å². The summed E-state index contributed by atoms with van der Waals surface area (Å²) in [5, 5.41) is 13.6. The quantitative estimate of drug-likeness (QED) is 0.907. The van der Waals surface area contributed by atoms with Gasteiger partial charge in [-0.15, -0.1) is 5.10 Å². The molecule has 2 heterocycles. The lowest BCUT2D eigenvalue weighted by Crippen LogP contribution is -2.19. The molecular formula is C14H14FN5. The van der Waals surface area contributed by atoms with Crippen molar-refractivity contribution in [2.24, 2.45) is 0 Å². The Labute approximate surface area is 116 Å². The van der Waals surface area contributed by atoms with E-state index in [0.717, 1.165) is 25.9 Å². The first-order valence-corrected chi connectivity index (χ1v) is 6.51. The normalized spacial score (nSPS) is 14.5. The molecule has 20 heavy (non-hydrogen) atoms. The largest absolute Gasteiger partial charge is 0.382 e. The van der Waals surface area contributed by atoms with Crippen LogP contribution in [0.1, 0.15) is 18.4 Å². The number of nitrogen functional groups attached to an aromatic ring is 1. The van der Waals surface area contributed by atoms with Gasteiger partial charge in [-0.2, -0.15) is 5.26 Å². The summed E-state index contributed by atoms with van der Waals surface area (Å²) in [5.41, 5.74) is 6.54. The van der Waals surface area contributed by atoms with Crippen LogP contribution in [0.3, 0.4) is 0 Å². The molecule has 0 bridgehead atoms. The van der Waals surface area contributed by atoms with E-state index in [4.69, 9.17) is 5.73 Å². The van der Waals surface area contributed by atoms with Gasteiger partial charge in [-0.05, 0) is 25.0 Å². The van der Waals surface area contributed by atoms with Crippen molar-refractivity contribution in [3.63, 3.8) is 0 Å². The van der Waals surface area contributed by atoms with Crippen LogP contribution < -0.4 is 10.6 Å². The number of anilines is 2. The van der Waals surface area contributed by atoms with Gasteiger partial charge in [0.2, 0.25) is 0 Å². The number of nitriles is 1. The highest BCUT2D eigenvalue weighted by Crippen LogP contribution is 2.29. The molecule has 1 aliphatic heterocycles. The molecule has 0 radical (unpaired) electrons. The number of aromatic nitrogens is 2. The second kappa shape index (κ2) is 4.85. The van der Waals surface area contributed by atoms with Crippen LogP contribution in [0, 0.1) is 17.1 Å².